The molecule has 0 aliphatic heterocycles. The smallest absolute Gasteiger partial charge is 0.434 e. The summed E-state index contributed by atoms with van der Waals surface area (Å²) in [5, 5.41) is 10.9. The van der Waals surface area contributed by atoms with E-state index in [-0.39, 0.29) is 18.6 Å². The number of benzene rings is 2. The Hall–Kier alpha value is -2.33. The number of rotatable bonds is 3. The topological polar surface area (TPSA) is 49.8 Å². The molecule has 0 saturated heterocycles. The normalized spacial score (nSPS) is 17.0. The van der Waals surface area contributed by atoms with Gasteiger partial charge in [0, 0.05) is 5.92 Å². The van der Waals surface area contributed by atoms with E-state index in [0.29, 0.717) is 0 Å². The van der Waals surface area contributed by atoms with E-state index >= 15 is 0 Å². The summed E-state index contributed by atoms with van der Waals surface area (Å²) in [6, 6.07) is 16.3. The Morgan fingerprint density at radius 2 is 1.56 bits per heavy atom. The van der Waals surface area contributed by atoms with Gasteiger partial charge in [-0.25, -0.2) is 4.79 Å². The van der Waals surface area contributed by atoms with Crippen LogP contribution in [0.25, 0.3) is 11.1 Å². The van der Waals surface area contributed by atoms with Crippen molar-refractivity contribution in [1.29, 1.82) is 0 Å². The molecular weight excluding hydrogens is 314 g/mol. The highest BCUT2D eigenvalue weighted by atomic mass is 16.6. The van der Waals surface area contributed by atoms with Crippen LogP contribution in [-0.4, -0.2) is 29.0 Å². The number of amides is 1. The fourth-order valence-corrected chi connectivity index (χ4v) is 3.96. The lowest BCUT2D eigenvalue weighted by molar-refractivity contribution is -0.110. The molecule has 2 aliphatic rings. The van der Waals surface area contributed by atoms with Crippen LogP contribution in [0.4, 0.5) is 4.79 Å². The standard InChI is InChI=1S/C21H22NO3/c23-21(22(24)15-8-2-1-3-9-15)25-14-20-18-12-6-4-10-16(18)17-11-5-7-13-19(17)20/h1,4-7,10-13,15,20,24H,2-3,8-9,14H2. The van der Waals surface area contributed by atoms with Crippen molar-refractivity contribution >= 4 is 6.09 Å². The highest BCUT2D eigenvalue weighted by Gasteiger charge is 2.31. The molecular formula is C21H22NO3. The molecule has 2 aromatic carbocycles. The molecule has 1 fully saturated rings. The van der Waals surface area contributed by atoms with Crippen LogP contribution in [0.3, 0.4) is 0 Å². The molecule has 4 heteroatoms. The van der Waals surface area contributed by atoms with E-state index < -0.39 is 6.09 Å². The molecule has 1 N–H and O–H groups in total. The molecule has 4 nitrogen and oxygen atoms in total. The molecule has 1 amide bonds. The molecule has 0 unspecified atom stereocenters. The van der Waals surface area contributed by atoms with Crippen molar-refractivity contribution in [1.82, 2.24) is 5.06 Å². The van der Waals surface area contributed by atoms with Crippen LogP contribution in [-0.2, 0) is 4.74 Å². The first-order chi connectivity index (χ1) is 12.3. The van der Waals surface area contributed by atoms with E-state index in [9.17, 15) is 10.0 Å². The molecule has 129 valence electrons. The Morgan fingerprint density at radius 3 is 2.16 bits per heavy atom. The minimum absolute atomic E-state index is 0.0180. The first kappa shape index (κ1) is 16.2. The van der Waals surface area contributed by atoms with Crippen molar-refractivity contribution < 1.29 is 14.7 Å². The minimum Gasteiger partial charge on any atom is -0.447 e. The van der Waals surface area contributed by atoms with E-state index in [4.69, 9.17) is 4.74 Å². The monoisotopic (exact) mass is 336 g/mol. The highest BCUT2D eigenvalue weighted by Crippen LogP contribution is 2.44. The third-order valence-corrected chi connectivity index (χ3v) is 5.28. The SMILES string of the molecule is O=C(OCC1c2ccccc2-c2ccccc21)N(O)C1CC[CH]CC1. The van der Waals surface area contributed by atoms with Crippen molar-refractivity contribution in [3.63, 3.8) is 0 Å². The lowest BCUT2D eigenvalue weighted by Crippen LogP contribution is -2.39. The molecule has 0 aromatic heterocycles. The zero-order chi connectivity index (χ0) is 17.2. The fraction of sp³-hybridized carbons (Fsp3) is 0.333. The lowest BCUT2D eigenvalue weighted by atomic mass is 9.95. The number of fused-ring (bicyclic) bond motifs is 3. The zero-order valence-electron chi connectivity index (χ0n) is 14.1. The van der Waals surface area contributed by atoms with Gasteiger partial charge in [-0.15, -0.1) is 0 Å². The van der Waals surface area contributed by atoms with E-state index in [1.165, 1.54) is 22.3 Å². The maximum Gasteiger partial charge on any atom is 0.434 e. The van der Waals surface area contributed by atoms with Gasteiger partial charge in [0.2, 0.25) is 0 Å². The predicted octanol–water partition coefficient (Wildman–Crippen LogP) is 4.77. The molecule has 25 heavy (non-hydrogen) atoms. The van der Waals surface area contributed by atoms with Crippen molar-refractivity contribution in [2.45, 2.75) is 37.6 Å². The second-order valence-corrected chi connectivity index (χ2v) is 6.75. The summed E-state index contributed by atoms with van der Waals surface area (Å²) in [4.78, 5) is 12.3. The summed E-state index contributed by atoms with van der Waals surface area (Å²) in [6.45, 7) is 0.239. The Bertz CT molecular complexity index is 722. The molecule has 0 bridgehead atoms. The summed E-state index contributed by atoms with van der Waals surface area (Å²) in [6.07, 6.45) is 4.99. The number of ether oxygens (including phenoxy) is 1. The van der Waals surface area contributed by atoms with E-state index in [0.717, 1.165) is 30.7 Å². The Balaban J connectivity index is 1.48. The predicted molar refractivity (Wildman–Crippen MR) is 95.3 cm³/mol. The Morgan fingerprint density at radius 1 is 1.00 bits per heavy atom. The first-order valence-corrected chi connectivity index (χ1v) is 8.90. The summed E-state index contributed by atoms with van der Waals surface area (Å²) < 4.78 is 5.48. The quantitative estimate of drug-likeness (QED) is 0.648. The maximum atomic E-state index is 12.3. The number of nitrogens with zero attached hydrogens (tertiary/aromatic N) is 1. The van der Waals surface area contributed by atoms with Crippen LogP contribution in [0.2, 0.25) is 0 Å². The number of hydrogen-bond acceptors (Lipinski definition) is 3. The molecule has 1 radical (unpaired) electrons. The molecule has 2 aromatic rings. The van der Waals surface area contributed by atoms with Crippen LogP contribution in [0.15, 0.2) is 48.5 Å². The minimum atomic E-state index is -0.645. The van der Waals surface area contributed by atoms with Crippen LogP contribution in [0.5, 0.6) is 0 Å². The summed E-state index contributed by atoms with van der Waals surface area (Å²) in [7, 11) is 0. The molecule has 1 saturated carbocycles. The Kier molecular flexibility index (Phi) is 4.45. The van der Waals surface area contributed by atoms with E-state index in [1.807, 2.05) is 24.3 Å². The van der Waals surface area contributed by atoms with Crippen LogP contribution in [0, 0.1) is 6.42 Å². The van der Waals surface area contributed by atoms with E-state index in [2.05, 4.69) is 30.7 Å². The summed E-state index contributed by atoms with van der Waals surface area (Å²) in [5.74, 6) is 0.0180. The number of carbonyl (C=O) groups is 1. The van der Waals surface area contributed by atoms with Crippen molar-refractivity contribution in [2.75, 3.05) is 6.61 Å². The molecule has 0 heterocycles. The zero-order valence-corrected chi connectivity index (χ0v) is 14.1. The van der Waals surface area contributed by atoms with E-state index in [1.54, 1.807) is 0 Å². The van der Waals surface area contributed by atoms with Gasteiger partial charge >= 0.3 is 6.09 Å². The third-order valence-electron chi connectivity index (χ3n) is 5.28. The van der Waals surface area contributed by atoms with Gasteiger partial charge < -0.3 is 4.74 Å². The first-order valence-electron chi connectivity index (χ1n) is 8.90. The van der Waals surface area contributed by atoms with Crippen LogP contribution >= 0.6 is 0 Å². The van der Waals surface area contributed by atoms with Crippen molar-refractivity contribution in [3.05, 3.63) is 66.1 Å². The van der Waals surface area contributed by atoms with Crippen molar-refractivity contribution in [2.24, 2.45) is 0 Å². The van der Waals surface area contributed by atoms with Gasteiger partial charge in [0.15, 0.2) is 0 Å². The average Bonchev–Trinajstić information content (AvgIpc) is 3.00. The summed E-state index contributed by atoms with van der Waals surface area (Å²) in [5.41, 5.74) is 4.74. The van der Waals surface area contributed by atoms with Crippen LogP contribution < -0.4 is 0 Å². The van der Waals surface area contributed by atoms with Crippen LogP contribution in [0.1, 0.15) is 42.7 Å². The molecule has 4 rings (SSSR count). The van der Waals surface area contributed by atoms with Gasteiger partial charge in [-0.2, -0.15) is 5.06 Å². The van der Waals surface area contributed by atoms with Crippen molar-refractivity contribution in [3.8, 4) is 11.1 Å². The molecule has 2 aliphatic carbocycles. The number of carbonyl (C=O) groups excluding carboxylic acids is 1. The van der Waals surface area contributed by atoms with Gasteiger partial charge in [-0.3, -0.25) is 5.21 Å². The largest absolute Gasteiger partial charge is 0.447 e. The lowest BCUT2D eigenvalue weighted by Gasteiger charge is -2.28. The average molecular weight is 336 g/mol. The number of hydrogen-bond donors (Lipinski definition) is 1. The molecule has 0 atom stereocenters. The number of hydroxylamine groups is 2. The second kappa shape index (κ2) is 6.89. The fourth-order valence-electron chi connectivity index (χ4n) is 3.96. The van der Waals surface area contributed by atoms with Gasteiger partial charge in [0.1, 0.15) is 6.61 Å². The molecule has 0 spiro atoms. The Labute approximate surface area is 148 Å². The van der Waals surface area contributed by atoms with Gasteiger partial charge in [-0.05, 0) is 54.4 Å². The van der Waals surface area contributed by atoms with Gasteiger partial charge in [-0.1, -0.05) is 48.5 Å². The second-order valence-electron chi connectivity index (χ2n) is 6.75. The van der Waals surface area contributed by atoms with Gasteiger partial charge in [0.05, 0.1) is 6.04 Å². The summed E-state index contributed by atoms with van der Waals surface area (Å²) >= 11 is 0. The maximum absolute atomic E-state index is 12.3. The third kappa shape index (κ3) is 3.02. The highest BCUT2D eigenvalue weighted by molar-refractivity contribution is 5.79. The van der Waals surface area contributed by atoms with Gasteiger partial charge in [0.25, 0.3) is 0 Å².